The fourth-order valence-electron chi connectivity index (χ4n) is 7.01. The Morgan fingerprint density at radius 2 is 1.75 bits per heavy atom. The van der Waals surface area contributed by atoms with E-state index in [4.69, 9.17) is 21.3 Å². The first-order valence-corrected chi connectivity index (χ1v) is 16.9. The molecule has 0 bridgehead atoms. The second-order valence-corrected chi connectivity index (χ2v) is 13.2. The van der Waals surface area contributed by atoms with Crippen molar-refractivity contribution in [1.82, 2.24) is 34.7 Å². The van der Waals surface area contributed by atoms with Crippen molar-refractivity contribution in [3.8, 4) is 28.3 Å². The minimum Gasteiger partial charge on any atom is -0.481 e. The van der Waals surface area contributed by atoms with E-state index < -0.39 is 23.5 Å². The Morgan fingerprint density at radius 3 is 2.47 bits per heavy atom. The number of carbonyl (C=O) groups is 1. The Morgan fingerprint density at radius 1 is 1.00 bits per heavy atom. The predicted molar refractivity (Wildman–Crippen MR) is 190 cm³/mol. The molecule has 1 amide bonds. The summed E-state index contributed by atoms with van der Waals surface area (Å²) in [7, 11) is 4.26. The van der Waals surface area contributed by atoms with E-state index in [2.05, 4.69) is 25.9 Å². The van der Waals surface area contributed by atoms with E-state index in [1.807, 2.05) is 37.3 Å². The second-order valence-electron chi connectivity index (χ2n) is 12.8. The molecule has 15 heteroatoms. The molecule has 2 unspecified atom stereocenters. The highest BCUT2D eigenvalue weighted by Gasteiger charge is 2.30. The quantitative estimate of drug-likeness (QED) is 0.186. The Bertz CT molecular complexity index is 2340. The fraction of sp³-hybridized carbons (Fsp3) is 0.333. The van der Waals surface area contributed by atoms with Gasteiger partial charge in [0.1, 0.15) is 11.2 Å². The topological polar surface area (TPSA) is 145 Å². The summed E-state index contributed by atoms with van der Waals surface area (Å²) in [5, 5.41) is 10.0. The molecule has 1 saturated heterocycles. The van der Waals surface area contributed by atoms with Gasteiger partial charge in [-0.25, -0.2) is 28.5 Å². The molecule has 4 heterocycles. The number of anilines is 2. The van der Waals surface area contributed by atoms with E-state index in [0.29, 0.717) is 51.9 Å². The second kappa shape index (κ2) is 13.5. The first-order chi connectivity index (χ1) is 24.5. The Balaban J connectivity index is 1.24. The van der Waals surface area contributed by atoms with Gasteiger partial charge in [0.05, 0.1) is 17.8 Å². The van der Waals surface area contributed by atoms with Gasteiger partial charge in [0.25, 0.3) is 12.0 Å². The number of aryl methyl sites for hydroxylation is 2. The molecule has 3 N–H and O–H groups in total. The van der Waals surface area contributed by atoms with Crippen molar-refractivity contribution in [3.63, 3.8) is 0 Å². The van der Waals surface area contributed by atoms with Gasteiger partial charge < -0.3 is 20.7 Å². The van der Waals surface area contributed by atoms with Crippen LogP contribution in [0.2, 0.25) is 5.02 Å². The molecule has 1 aliphatic heterocycles. The zero-order chi connectivity index (χ0) is 36.1. The molecule has 3 aromatic heterocycles. The first-order valence-electron chi connectivity index (χ1n) is 16.5. The molecule has 7 rings (SSSR count). The number of methoxy groups -OCH3 is 1. The van der Waals surface area contributed by atoms with Crippen LogP contribution < -0.4 is 31.9 Å². The number of aromatic nitrogens is 5. The summed E-state index contributed by atoms with van der Waals surface area (Å²) in [6.45, 7) is 2.51. The van der Waals surface area contributed by atoms with Crippen LogP contribution in [0.3, 0.4) is 0 Å². The van der Waals surface area contributed by atoms with E-state index in [0.717, 1.165) is 45.1 Å². The minimum absolute atomic E-state index is 0.0440. The molecule has 1 aliphatic carbocycles. The number of hydrogen-bond donors (Lipinski definition) is 3. The summed E-state index contributed by atoms with van der Waals surface area (Å²) in [5.74, 6) is -0.374. The van der Waals surface area contributed by atoms with Crippen LogP contribution in [0.4, 0.5) is 20.3 Å². The van der Waals surface area contributed by atoms with Gasteiger partial charge in [-0.1, -0.05) is 41.9 Å². The molecular formula is C36H35ClF2N8O4. The van der Waals surface area contributed by atoms with Crippen LogP contribution in [0.15, 0.2) is 52.1 Å². The van der Waals surface area contributed by atoms with E-state index >= 15 is 0 Å². The Kier molecular flexibility index (Phi) is 9.06. The van der Waals surface area contributed by atoms with E-state index in [1.165, 1.54) is 14.1 Å². The Labute approximate surface area is 295 Å². The van der Waals surface area contributed by atoms with E-state index in [-0.39, 0.29) is 34.8 Å². The lowest BCUT2D eigenvalue weighted by Gasteiger charge is -2.20. The molecule has 2 aromatic carbocycles. The highest BCUT2D eigenvalue weighted by molar-refractivity contribution is 6.36. The third kappa shape index (κ3) is 6.12. The summed E-state index contributed by atoms with van der Waals surface area (Å²) < 4.78 is 35.5. The van der Waals surface area contributed by atoms with Crippen molar-refractivity contribution >= 4 is 40.0 Å². The highest BCUT2D eigenvalue weighted by atomic mass is 35.5. The molecule has 0 spiro atoms. The zero-order valence-electron chi connectivity index (χ0n) is 28.3. The number of pyridine rings is 1. The number of hydrogen-bond acceptors (Lipinski definition) is 9. The monoisotopic (exact) mass is 716 g/mol. The lowest BCUT2D eigenvalue weighted by Crippen LogP contribution is -2.38. The number of ether oxygens (including phenoxy) is 1. The highest BCUT2D eigenvalue weighted by Crippen LogP contribution is 2.43. The van der Waals surface area contributed by atoms with Crippen LogP contribution in [0.25, 0.3) is 33.4 Å². The van der Waals surface area contributed by atoms with Crippen molar-refractivity contribution in [1.29, 1.82) is 0 Å². The van der Waals surface area contributed by atoms with Crippen molar-refractivity contribution in [2.45, 2.75) is 51.1 Å². The molecule has 1 fully saturated rings. The van der Waals surface area contributed by atoms with Gasteiger partial charge in [0.15, 0.2) is 11.5 Å². The van der Waals surface area contributed by atoms with Crippen LogP contribution in [-0.4, -0.2) is 49.7 Å². The smallest absolute Gasteiger partial charge is 0.332 e. The van der Waals surface area contributed by atoms with Crippen LogP contribution in [0.1, 0.15) is 54.2 Å². The molecule has 51 heavy (non-hydrogen) atoms. The number of nitrogens with one attached hydrogen (secondary N) is 3. The number of halogens is 3. The van der Waals surface area contributed by atoms with Crippen molar-refractivity contribution in [3.05, 3.63) is 90.8 Å². The summed E-state index contributed by atoms with van der Waals surface area (Å²) in [6.07, 6.45) is 0.00727. The van der Waals surface area contributed by atoms with E-state index in [9.17, 15) is 23.2 Å². The van der Waals surface area contributed by atoms with Gasteiger partial charge in [-0.05, 0) is 55.0 Å². The fourth-order valence-corrected chi connectivity index (χ4v) is 7.33. The summed E-state index contributed by atoms with van der Waals surface area (Å²) in [4.78, 5) is 50.2. The average molecular weight is 717 g/mol. The first kappa shape index (κ1) is 34.2. The number of nitrogens with zero attached hydrogens (tertiary/aromatic N) is 5. The Hall–Kier alpha value is -5.21. The molecule has 0 radical (unpaired) electrons. The summed E-state index contributed by atoms with van der Waals surface area (Å²) >= 11 is 7.15. The molecule has 2 atom stereocenters. The predicted octanol–water partition coefficient (Wildman–Crippen LogP) is 5.26. The number of rotatable bonds is 9. The lowest BCUT2D eigenvalue weighted by atomic mass is 9.96. The molecule has 12 nitrogen and oxygen atoms in total. The number of benzene rings is 2. The number of alkyl halides is 2. The maximum Gasteiger partial charge on any atom is 0.332 e. The van der Waals surface area contributed by atoms with Gasteiger partial charge >= 0.3 is 5.69 Å². The average Bonchev–Trinajstić information content (AvgIpc) is 3.74. The standard InChI is InChI=1S/C36H35ClF2N8O4/c1-17-20(7-6-10-23(17)42-31-28-33(45-32(44-31)30(38)39)46(2)36(50)47(3)35(28)49)21-8-5-9-22(29(21)37)25-15-18-11-13-24(27(18)34(43-25)51-4)40-16-19-12-14-26(48)41-19/h5-10,15,19,24,30,40H,11-14,16H2,1-4H3,(H,41,48)(H,42,44,45). The summed E-state index contributed by atoms with van der Waals surface area (Å²) in [5.41, 5.74) is 4.48. The SMILES string of the molecule is COc1nc(-c2cccc(-c3cccc(Nc4nc(C(F)F)nc5c4c(=O)n(C)c(=O)n5C)c3C)c2Cl)cc2c1C(NCC1CCC(=O)N1)CC2. The van der Waals surface area contributed by atoms with E-state index in [1.54, 1.807) is 19.2 Å². The lowest BCUT2D eigenvalue weighted by molar-refractivity contribution is -0.119. The maximum atomic E-state index is 13.9. The molecular weight excluding hydrogens is 682 g/mol. The normalized spacial score (nSPS) is 16.9. The zero-order valence-corrected chi connectivity index (χ0v) is 29.1. The molecule has 5 aromatic rings. The molecule has 264 valence electrons. The van der Waals surface area contributed by atoms with Gasteiger partial charge in [0.2, 0.25) is 11.8 Å². The van der Waals surface area contributed by atoms with Gasteiger partial charge in [-0.3, -0.25) is 18.7 Å². The maximum absolute atomic E-state index is 13.9. The van der Waals surface area contributed by atoms with Crippen LogP contribution in [-0.2, 0) is 25.3 Å². The summed E-state index contributed by atoms with van der Waals surface area (Å²) in [6, 6.07) is 13.2. The minimum atomic E-state index is -3.04. The third-order valence-corrected chi connectivity index (χ3v) is 10.1. The van der Waals surface area contributed by atoms with Crippen LogP contribution >= 0.6 is 11.6 Å². The molecule has 0 saturated carbocycles. The van der Waals surface area contributed by atoms with Gasteiger partial charge in [0, 0.05) is 61.5 Å². The van der Waals surface area contributed by atoms with Crippen LogP contribution in [0, 0.1) is 6.92 Å². The molecule has 2 aliphatic rings. The van der Waals surface area contributed by atoms with Crippen molar-refractivity contribution in [2.75, 3.05) is 19.0 Å². The van der Waals surface area contributed by atoms with Gasteiger partial charge in [-0.2, -0.15) is 0 Å². The van der Waals surface area contributed by atoms with Crippen molar-refractivity contribution in [2.24, 2.45) is 14.1 Å². The van der Waals surface area contributed by atoms with Gasteiger partial charge in [-0.15, -0.1) is 0 Å². The number of carbonyl (C=O) groups excluding carboxylic acids is 1. The van der Waals surface area contributed by atoms with Crippen LogP contribution in [0.5, 0.6) is 5.88 Å². The number of amides is 1. The van der Waals surface area contributed by atoms with Crippen molar-refractivity contribution < 1.29 is 18.3 Å². The third-order valence-electron chi connectivity index (χ3n) is 9.71. The number of fused-ring (bicyclic) bond motifs is 2. The largest absolute Gasteiger partial charge is 0.481 e.